The summed E-state index contributed by atoms with van der Waals surface area (Å²) in [6.45, 7) is 2.47. The van der Waals surface area contributed by atoms with E-state index in [9.17, 15) is 13.2 Å². The van der Waals surface area contributed by atoms with Crippen LogP contribution in [0.25, 0.3) is 10.2 Å². The minimum atomic E-state index is -3.00. The van der Waals surface area contributed by atoms with E-state index in [0.29, 0.717) is 17.5 Å². The molecule has 0 aliphatic heterocycles. The number of thioether (sulfide) groups is 1. The standard InChI is InChI=1S/C15H20N2O3S3/c1-3-17-14(18)12-10-6-4-5-7-11(10)22-13(12)16-15(17)21-8-9-23(2,19)20/h3-9H2,1-2H3. The van der Waals surface area contributed by atoms with Gasteiger partial charge in [-0.3, -0.25) is 9.36 Å². The lowest BCUT2D eigenvalue weighted by Crippen LogP contribution is -2.23. The molecule has 0 fully saturated rings. The minimum absolute atomic E-state index is 0.0266. The smallest absolute Gasteiger partial charge is 0.263 e. The second-order valence-electron chi connectivity index (χ2n) is 5.81. The lowest BCUT2D eigenvalue weighted by atomic mass is 9.97. The first-order chi connectivity index (χ1) is 10.9. The molecule has 3 rings (SSSR count). The molecule has 0 spiro atoms. The van der Waals surface area contributed by atoms with Gasteiger partial charge in [-0.05, 0) is 38.2 Å². The van der Waals surface area contributed by atoms with Gasteiger partial charge in [-0.25, -0.2) is 13.4 Å². The molecule has 5 nitrogen and oxygen atoms in total. The number of nitrogens with zero attached hydrogens (tertiary/aromatic N) is 2. The van der Waals surface area contributed by atoms with Gasteiger partial charge in [-0.2, -0.15) is 0 Å². The number of hydrogen-bond acceptors (Lipinski definition) is 6. The molecule has 0 aromatic carbocycles. The highest BCUT2D eigenvalue weighted by Crippen LogP contribution is 2.34. The lowest BCUT2D eigenvalue weighted by Gasteiger charge is -2.12. The van der Waals surface area contributed by atoms with Crippen LogP contribution >= 0.6 is 23.1 Å². The van der Waals surface area contributed by atoms with Crippen LogP contribution in [0, 0.1) is 0 Å². The van der Waals surface area contributed by atoms with Crippen LogP contribution in [0.2, 0.25) is 0 Å². The summed E-state index contributed by atoms with van der Waals surface area (Å²) in [5.74, 6) is 0.512. The Labute approximate surface area is 144 Å². The molecular weight excluding hydrogens is 352 g/mol. The molecule has 2 aromatic heterocycles. The zero-order valence-corrected chi connectivity index (χ0v) is 15.7. The monoisotopic (exact) mass is 372 g/mol. The number of aromatic nitrogens is 2. The van der Waals surface area contributed by atoms with Crippen LogP contribution in [-0.2, 0) is 29.2 Å². The maximum atomic E-state index is 12.9. The molecule has 0 unspecified atom stereocenters. The van der Waals surface area contributed by atoms with Crippen molar-refractivity contribution < 1.29 is 8.42 Å². The third kappa shape index (κ3) is 3.49. The average Bonchev–Trinajstić information content (AvgIpc) is 2.84. The highest BCUT2D eigenvalue weighted by atomic mass is 32.2. The van der Waals surface area contributed by atoms with Crippen LogP contribution in [0.5, 0.6) is 0 Å². The Kier molecular flexibility index (Phi) is 4.85. The SMILES string of the molecule is CCn1c(SCCS(C)(=O)=O)nc2sc3c(c2c1=O)CCCC3. The van der Waals surface area contributed by atoms with Crippen molar-refractivity contribution in [2.75, 3.05) is 17.8 Å². The summed E-state index contributed by atoms with van der Waals surface area (Å²) in [7, 11) is -3.00. The third-order valence-electron chi connectivity index (χ3n) is 4.04. The second kappa shape index (κ2) is 6.57. The van der Waals surface area contributed by atoms with Crippen LogP contribution in [0.4, 0.5) is 0 Å². The molecule has 2 aromatic rings. The second-order valence-corrected chi connectivity index (χ2v) is 10.2. The minimum Gasteiger partial charge on any atom is -0.287 e. The summed E-state index contributed by atoms with van der Waals surface area (Å²) in [4.78, 5) is 19.7. The van der Waals surface area contributed by atoms with E-state index in [1.165, 1.54) is 34.9 Å². The predicted octanol–water partition coefficient (Wildman–Crippen LogP) is 2.49. The molecule has 126 valence electrons. The van der Waals surface area contributed by atoms with Crippen molar-refractivity contribution in [1.29, 1.82) is 0 Å². The molecule has 0 saturated carbocycles. The van der Waals surface area contributed by atoms with E-state index in [1.807, 2.05) is 6.92 Å². The van der Waals surface area contributed by atoms with Gasteiger partial charge >= 0.3 is 0 Å². The van der Waals surface area contributed by atoms with E-state index in [0.717, 1.165) is 29.5 Å². The summed E-state index contributed by atoms with van der Waals surface area (Å²) in [6.07, 6.45) is 5.55. The molecule has 1 aliphatic rings. The molecule has 2 heterocycles. The summed E-state index contributed by atoms with van der Waals surface area (Å²) < 4.78 is 24.3. The predicted molar refractivity (Wildman–Crippen MR) is 96.6 cm³/mol. The van der Waals surface area contributed by atoms with E-state index in [1.54, 1.807) is 15.9 Å². The summed E-state index contributed by atoms with van der Waals surface area (Å²) in [5, 5.41) is 1.42. The average molecular weight is 373 g/mol. The molecule has 1 aliphatic carbocycles. The fourth-order valence-corrected chi connectivity index (χ4v) is 6.45. The Morgan fingerprint density at radius 2 is 2.04 bits per heavy atom. The maximum absolute atomic E-state index is 12.9. The van der Waals surface area contributed by atoms with Gasteiger partial charge in [-0.15, -0.1) is 11.3 Å². The highest BCUT2D eigenvalue weighted by molar-refractivity contribution is 8.00. The lowest BCUT2D eigenvalue weighted by molar-refractivity contribution is 0.603. The molecule has 0 N–H and O–H groups in total. The Hall–Kier alpha value is -0.860. The number of fused-ring (bicyclic) bond motifs is 3. The molecule has 23 heavy (non-hydrogen) atoms. The summed E-state index contributed by atoms with van der Waals surface area (Å²) in [6, 6.07) is 0. The van der Waals surface area contributed by atoms with Gasteiger partial charge in [0.15, 0.2) is 5.16 Å². The summed E-state index contributed by atoms with van der Waals surface area (Å²) in [5.41, 5.74) is 1.22. The van der Waals surface area contributed by atoms with Gasteiger partial charge in [0.1, 0.15) is 14.7 Å². The van der Waals surface area contributed by atoms with Gasteiger partial charge < -0.3 is 0 Å². The van der Waals surface area contributed by atoms with Crippen molar-refractivity contribution in [3.8, 4) is 0 Å². The number of hydrogen-bond donors (Lipinski definition) is 0. The van der Waals surface area contributed by atoms with Gasteiger partial charge in [0, 0.05) is 23.4 Å². The first-order valence-corrected chi connectivity index (χ1v) is 11.6. The topological polar surface area (TPSA) is 69.0 Å². The normalized spacial score (nSPS) is 15.0. The Morgan fingerprint density at radius 1 is 1.30 bits per heavy atom. The number of sulfone groups is 1. The first-order valence-electron chi connectivity index (χ1n) is 7.76. The van der Waals surface area contributed by atoms with Crippen molar-refractivity contribution in [2.24, 2.45) is 0 Å². The van der Waals surface area contributed by atoms with E-state index in [-0.39, 0.29) is 11.3 Å². The fourth-order valence-electron chi connectivity index (χ4n) is 2.89. The van der Waals surface area contributed by atoms with Crippen molar-refractivity contribution in [2.45, 2.75) is 44.3 Å². The molecular formula is C15H20N2O3S3. The number of rotatable bonds is 5. The van der Waals surface area contributed by atoms with E-state index < -0.39 is 9.84 Å². The zero-order chi connectivity index (χ0) is 16.6. The molecule has 0 atom stereocenters. The molecule has 0 bridgehead atoms. The van der Waals surface area contributed by atoms with Crippen molar-refractivity contribution in [3.63, 3.8) is 0 Å². The highest BCUT2D eigenvalue weighted by Gasteiger charge is 2.21. The van der Waals surface area contributed by atoms with Crippen molar-refractivity contribution >= 4 is 43.2 Å². The van der Waals surface area contributed by atoms with Crippen molar-refractivity contribution in [3.05, 3.63) is 20.8 Å². The fraction of sp³-hybridized carbons (Fsp3) is 0.600. The molecule has 0 saturated heterocycles. The van der Waals surface area contributed by atoms with E-state index in [2.05, 4.69) is 4.98 Å². The van der Waals surface area contributed by atoms with Crippen LogP contribution in [0.3, 0.4) is 0 Å². The Bertz CT molecular complexity index is 897. The summed E-state index contributed by atoms with van der Waals surface area (Å²) >= 11 is 2.98. The maximum Gasteiger partial charge on any atom is 0.263 e. The van der Waals surface area contributed by atoms with E-state index in [4.69, 9.17) is 0 Å². The molecule has 0 radical (unpaired) electrons. The first kappa shape index (κ1) is 17.0. The van der Waals surface area contributed by atoms with Gasteiger partial charge in [0.2, 0.25) is 0 Å². The largest absolute Gasteiger partial charge is 0.287 e. The van der Waals surface area contributed by atoms with Gasteiger partial charge in [0.25, 0.3) is 5.56 Å². The van der Waals surface area contributed by atoms with Crippen molar-refractivity contribution in [1.82, 2.24) is 9.55 Å². The van der Waals surface area contributed by atoms with Crippen LogP contribution in [-0.4, -0.2) is 35.7 Å². The molecule has 8 heteroatoms. The van der Waals surface area contributed by atoms with E-state index >= 15 is 0 Å². The van der Waals surface area contributed by atoms with Crippen LogP contribution < -0.4 is 5.56 Å². The number of thiophene rings is 1. The zero-order valence-electron chi connectivity index (χ0n) is 13.3. The quantitative estimate of drug-likeness (QED) is 0.596. The van der Waals surface area contributed by atoms with Crippen LogP contribution in [0.15, 0.2) is 9.95 Å². The van der Waals surface area contributed by atoms with Gasteiger partial charge in [0.05, 0.1) is 11.1 Å². The molecule has 0 amide bonds. The van der Waals surface area contributed by atoms with Gasteiger partial charge in [-0.1, -0.05) is 11.8 Å². The Balaban J connectivity index is 2.03. The Morgan fingerprint density at radius 3 is 2.74 bits per heavy atom. The third-order valence-corrected chi connectivity index (χ3v) is 7.41. The van der Waals surface area contributed by atoms with Crippen LogP contribution in [0.1, 0.15) is 30.2 Å². The number of aryl methyl sites for hydroxylation is 2.